The van der Waals surface area contributed by atoms with Gasteiger partial charge in [-0.05, 0) is 42.8 Å². The van der Waals surface area contributed by atoms with Gasteiger partial charge in [0.1, 0.15) is 5.69 Å². The highest BCUT2D eigenvalue weighted by Gasteiger charge is 2.09. The smallest absolute Gasteiger partial charge is 0.356 e. The number of carbonyl (C=O) groups excluding carboxylic acids is 2. The van der Waals surface area contributed by atoms with Gasteiger partial charge in [0, 0.05) is 29.4 Å². The Labute approximate surface area is 141 Å². The van der Waals surface area contributed by atoms with Crippen LogP contribution in [0.25, 0.3) is 0 Å². The molecule has 0 aliphatic heterocycles. The van der Waals surface area contributed by atoms with E-state index >= 15 is 0 Å². The van der Waals surface area contributed by atoms with Crippen LogP contribution >= 0.6 is 0 Å². The summed E-state index contributed by atoms with van der Waals surface area (Å²) in [5, 5.41) is 2.70. The van der Waals surface area contributed by atoms with Crippen LogP contribution in [-0.4, -0.2) is 24.0 Å². The molecule has 2 aromatic rings. The second-order valence-electron chi connectivity index (χ2n) is 5.09. The number of nitrogens with zero attached hydrogens (tertiary/aromatic N) is 1. The van der Waals surface area contributed by atoms with Crippen molar-refractivity contribution in [3.63, 3.8) is 0 Å². The Bertz CT molecular complexity index is 815. The third kappa shape index (κ3) is 4.68. The lowest BCUT2D eigenvalue weighted by molar-refractivity contribution is -0.114. The van der Waals surface area contributed by atoms with E-state index in [1.807, 2.05) is 25.1 Å². The SMILES string of the molecule is CCc1cc(C#Cc2ccc(NC(C)=O)cc2)cc(C(=O)OC)n1. The molecule has 5 nitrogen and oxygen atoms in total. The van der Waals surface area contributed by atoms with Crippen LogP contribution in [0.5, 0.6) is 0 Å². The second-order valence-corrected chi connectivity index (χ2v) is 5.09. The molecule has 2 rings (SSSR count). The molecule has 0 unspecified atom stereocenters. The molecule has 1 aromatic heterocycles. The van der Waals surface area contributed by atoms with E-state index in [4.69, 9.17) is 4.74 Å². The van der Waals surface area contributed by atoms with Crippen molar-refractivity contribution in [3.8, 4) is 11.8 Å². The number of carbonyl (C=O) groups is 2. The number of anilines is 1. The normalized spacial score (nSPS) is 9.62. The molecule has 0 spiro atoms. The van der Waals surface area contributed by atoms with Crippen molar-refractivity contribution in [3.05, 3.63) is 58.9 Å². The number of aromatic nitrogens is 1. The fraction of sp³-hybridized carbons (Fsp3) is 0.211. The third-order valence-corrected chi connectivity index (χ3v) is 3.19. The Hall–Kier alpha value is -3.13. The zero-order valence-corrected chi connectivity index (χ0v) is 13.8. The number of benzene rings is 1. The lowest BCUT2D eigenvalue weighted by atomic mass is 10.1. The summed E-state index contributed by atoms with van der Waals surface area (Å²) in [7, 11) is 1.32. The van der Waals surface area contributed by atoms with Crippen molar-refractivity contribution >= 4 is 17.6 Å². The number of hydrogen-bond acceptors (Lipinski definition) is 4. The molecule has 0 saturated carbocycles. The standard InChI is InChI=1S/C19H18N2O3/c1-4-16-11-15(12-18(21-16)19(23)24-3)6-5-14-7-9-17(10-8-14)20-13(2)22/h7-12H,4H2,1-3H3,(H,20,22). The van der Waals surface area contributed by atoms with Gasteiger partial charge in [-0.2, -0.15) is 0 Å². The predicted molar refractivity (Wildman–Crippen MR) is 91.7 cm³/mol. The summed E-state index contributed by atoms with van der Waals surface area (Å²) in [6.45, 7) is 3.42. The number of esters is 1. The summed E-state index contributed by atoms with van der Waals surface area (Å²) in [5.74, 6) is 5.47. The molecular weight excluding hydrogens is 304 g/mol. The highest BCUT2D eigenvalue weighted by molar-refractivity contribution is 5.88. The first-order valence-electron chi connectivity index (χ1n) is 7.50. The van der Waals surface area contributed by atoms with Crippen LogP contribution in [-0.2, 0) is 16.0 Å². The molecule has 0 fully saturated rings. The average Bonchev–Trinajstić information content (AvgIpc) is 2.59. The van der Waals surface area contributed by atoms with E-state index in [0.29, 0.717) is 12.0 Å². The molecule has 122 valence electrons. The summed E-state index contributed by atoms with van der Waals surface area (Å²) in [4.78, 5) is 26.9. The summed E-state index contributed by atoms with van der Waals surface area (Å²) < 4.78 is 4.71. The van der Waals surface area contributed by atoms with E-state index in [9.17, 15) is 9.59 Å². The molecule has 1 heterocycles. The zero-order chi connectivity index (χ0) is 17.5. The minimum Gasteiger partial charge on any atom is -0.464 e. The van der Waals surface area contributed by atoms with Gasteiger partial charge in [-0.25, -0.2) is 9.78 Å². The monoisotopic (exact) mass is 322 g/mol. The molecule has 0 atom stereocenters. The van der Waals surface area contributed by atoms with Crippen molar-refractivity contribution in [2.75, 3.05) is 12.4 Å². The van der Waals surface area contributed by atoms with Crippen LogP contribution in [0.4, 0.5) is 5.69 Å². The molecule has 0 radical (unpaired) electrons. The van der Waals surface area contributed by atoms with E-state index < -0.39 is 5.97 Å². The summed E-state index contributed by atoms with van der Waals surface area (Å²) in [5.41, 5.74) is 3.26. The number of hydrogen-bond donors (Lipinski definition) is 1. The Balaban J connectivity index is 2.26. The van der Waals surface area contributed by atoms with Gasteiger partial charge in [-0.15, -0.1) is 0 Å². The van der Waals surface area contributed by atoms with Gasteiger partial charge in [0.2, 0.25) is 5.91 Å². The van der Waals surface area contributed by atoms with Crippen molar-refractivity contribution in [1.82, 2.24) is 4.98 Å². The van der Waals surface area contributed by atoms with Crippen LogP contribution in [0, 0.1) is 11.8 Å². The zero-order valence-electron chi connectivity index (χ0n) is 13.8. The quantitative estimate of drug-likeness (QED) is 0.697. The third-order valence-electron chi connectivity index (χ3n) is 3.19. The first kappa shape index (κ1) is 17.2. The van der Waals surface area contributed by atoms with Gasteiger partial charge >= 0.3 is 5.97 Å². The number of ether oxygens (including phenoxy) is 1. The van der Waals surface area contributed by atoms with E-state index in [0.717, 1.165) is 16.9 Å². The van der Waals surface area contributed by atoms with Gasteiger partial charge in [0.05, 0.1) is 7.11 Å². The fourth-order valence-corrected chi connectivity index (χ4v) is 2.03. The number of aryl methyl sites for hydroxylation is 1. The molecule has 5 heteroatoms. The minimum absolute atomic E-state index is 0.118. The van der Waals surface area contributed by atoms with Crippen LogP contribution in [0.2, 0.25) is 0 Å². The van der Waals surface area contributed by atoms with Crippen molar-refractivity contribution in [2.45, 2.75) is 20.3 Å². The Morgan fingerprint density at radius 2 is 1.79 bits per heavy atom. The van der Waals surface area contributed by atoms with Gasteiger partial charge in [-0.1, -0.05) is 18.8 Å². The summed E-state index contributed by atoms with van der Waals surface area (Å²) >= 11 is 0. The Kier molecular flexibility index (Phi) is 5.69. The maximum absolute atomic E-state index is 11.7. The lowest BCUT2D eigenvalue weighted by Gasteiger charge is -2.03. The van der Waals surface area contributed by atoms with Gasteiger partial charge in [-0.3, -0.25) is 4.79 Å². The van der Waals surface area contributed by atoms with E-state index in [2.05, 4.69) is 22.1 Å². The first-order chi connectivity index (χ1) is 11.5. The molecular formula is C19H18N2O3. The van der Waals surface area contributed by atoms with Crippen LogP contribution < -0.4 is 5.32 Å². The number of methoxy groups -OCH3 is 1. The summed E-state index contributed by atoms with van der Waals surface area (Å²) in [6, 6.07) is 10.7. The molecule has 0 aliphatic rings. The van der Waals surface area contributed by atoms with E-state index in [1.165, 1.54) is 14.0 Å². The lowest BCUT2D eigenvalue weighted by Crippen LogP contribution is -2.06. The number of nitrogens with one attached hydrogen (secondary N) is 1. The van der Waals surface area contributed by atoms with Crippen molar-refractivity contribution < 1.29 is 14.3 Å². The second kappa shape index (κ2) is 7.93. The molecule has 0 bridgehead atoms. The Morgan fingerprint density at radius 1 is 1.12 bits per heavy atom. The molecule has 24 heavy (non-hydrogen) atoms. The topological polar surface area (TPSA) is 68.3 Å². The summed E-state index contributed by atoms with van der Waals surface area (Å²) in [6.07, 6.45) is 0.699. The average molecular weight is 322 g/mol. The van der Waals surface area contributed by atoms with Gasteiger partial charge < -0.3 is 10.1 Å². The molecule has 0 saturated heterocycles. The highest BCUT2D eigenvalue weighted by atomic mass is 16.5. The maximum Gasteiger partial charge on any atom is 0.356 e. The van der Waals surface area contributed by atoms with Gasteiger partial charge in [0.15, 0.2) is 0 Å². The van der Waals surface area contributed by atoms with Crippen molar-refractivity contribution in [2.24, 2.45) is 0 Å². The minimum atomic E-state index is -0.479. The molecule has 1 N–H and O–H groups in total. The van der Waals surface area contributed by atoms with Crippen LogP contribution in [0.1, 0.15) is 41.2 Å². The van der Waals surface area contributed by atoms with Crippen molar-refractivity contribution in [1.29, 1.82) is 0 Å². The fourth-order valence-electron chi connectivity index (χ4n) is 2.03. The molecule has 0 aliphatic carbocycles. The molecule has 1 aromatic carbocycles. The largest absolute Gasteiger partial charge is 0.464 e. The van der Waals surface area contributed by atoms with E-state index in [1.54, 1.807) is 18.2 Å². The number of pyridine rings is 1. The number of rotatable bonds is 3. The number of amides is 1. The van der Waals surface area contributed by atoms with E-state index in [-0.39, 0.29) is 11.6 Å². The Morgan fingerprint density at radius 3 is 2.38 bits per heavy atom. The predicted octanol–water partition coefficient (Wildman–Crippen LogP) is 2.79. The molecule has 1 amide bonds. The van der Waals surface area contributed by atoms with Crippen LogP contribution in [0.3, 0.4) is 0 Å². The van der Waals surface area contributed by atoms with Gasteiger partial charge in [0.25, 0.3) is 0 Å². The maximum atomic E-state index is 11.7. The van der Waals surface area contributed by atoms with Crippen LogP contribution in [0.15, 0.2) is 36.4 Å². The first-order valence-corrected chi connectivity index (χ1v) is 7.50. The highest BCUT2D eigenvalue weighted by Crippen LogP contribution is 2.10.